The van der Waals surface area contributed by atoms with Crippen LogP contribution in [0, 0.1) is 0 Å². The van der Waals surface area contributed by atoms with E-state index in [1.165, 1.54) is 12.8 Å². The highest BCUT2D eigenvalue weighted by Gasteiger charge is 2.43. The molecule has 3 nitrogen and oxygen atoms in total. The number of nitrogens with one attached hydrogen (secondary N) is 1. The van der Waals surface area contributed by atoms with Crippen LogP contribution in [-0.2, 0) is 5.60 Å². The first-order valence-electron chi connectivity index (χ1n) is 5.65. The van der Waals surface area contributed by atoms with Crippen molar-refractivity contribution < 1.29 is 5.11 Å². The molecule has 2 atom stereocenters. The number of fused-ring (bicyclic) bond motifs is 2. The molecule has 3 rings (SSSR count). The van der Waals surface area contributed by atoms with Gasteiger partial charge in [0.25, 0.3) is 0 Å². The molecule has 80 valence electrons. The number of aromatic nitrogens is 1. The molecule has 3 heterocycles. The summed E-state index contributed by atoms with van der Waals surface area (Å²) in [4.78, 5) is 4.00. The largest absolute Gasteiger partial charge is 0.385 e. The Hall–Kier alpha value is -0.930. The number of piperidine rings is 1. The molecular formula is C12H16N2O. The van der Waals surface area contributed by atoms with Crippen LogP contribution in [0.1, 0.15) is 31.2 Å². The average molecular weight is 204 g/mol. The fourth-order valence-corrected chi connectivity index (χ4v) is 3.02. The first kappa shape index (κ1) is 9.31. The summed E-state index contributed by atoms with van der Waals surface area (Å²) in [5.74, 6) is 0. The Morgan fingerprint density at radius 2 is 1.80 bits per heavy atom. The van der Waals surface area contributed by atoms with E-state index in [2.05, 4.69) is 10.3 Å². The SMILES string of the molecule is OC1(c2ccncc2)CC2CCC(C1)N2. The molecule has 2 fully saturated rings. The summed E-state index contributed by atoms with van der Waals surface area (Å²) in [7, 11) is 0. The van der Waals surface area contributed by atoms with Crippen LogP contribution in [0.3, 0.4) is 0 Å². The van der Waals surface area contributed by atoms with Crippen molar-refractivity contribution in [1.29, 1.82) is 0 Å². The van der Waals surface area contributed by atoms with Crippen molar-refractivity contribution >= 4 is 0 Å². The van der Waals surface area contributed by atoms with Crippen molar-refractivity contribution in [2.24, 2.45) is 0 Å². The Morgan fingerprint density at radius 3 is 2.40 bits per heavy atom. The number of aliphatic hydroxyl groups is 1. The topological polar surface area (TPSA) is 45.2 Å². The van der Waals surface area contributed by atoms with Crippen molar-refractivity contribution in [2.45, 2.75) is 43.4 Å². The van der Waals surface area contributed by atoms with Crippen molar-refractivity contribution in [1.82, 2.24) is 10.3 Å². The van der Waals surface area contributed by atoms with Crippen LogP contribution in [-0.4, -0.2) is 22.2 Å². The Bertz CT molecular complexity index is 340. The van der Waals surface area contributed by atoms with E-state index in [-0.39, 0.29) is 0 Å². The van der Waals surface area contributed by atoms with Crippen LogP contribution in [0.5, 0.6) is 0 Å². The lowest BCUT2D eigenvalue weighted by Gasteiger charge is -2.37. The average Bonchev–Trinajstić information content (AvgIpc) is 2.60. The van der Waals surface area contributed by atoms with Gasteiger partial charge in [0.1, 0.15) is 0 Å². The van der Waals surface area contributed by atoms with E-state index >= 15 is 0 Å². The van der Waals surface area contributed by atoms with Crippen LogP contribution >= 0.6 is 0 Å². The zero-order valence-corrected chi connectivity index (χ0v) is 8.69. The van der Waals surface area contributed by atoms with Gasteiger partial charge in [-0.15, -0.1) is 0 Å². The first-order valence-corrected chi connectivity index (χ1v) is 5.65. The molecule has 2 aliphatic heterocycles. The molecule has 0 spiro atoms. The quantitative estimate of drug-likeness (QED) is 0.722. The lowest BCUT2D eigenvalue weighted by atomic mass is 9.82. The van der Waals surface area contributed by atoms with Gasteiger partial charge in [-0.3, -0.25) is 4.98 Å². The highest BCUT2D eigenvalue weighted by molar-refractivity contribution is 5.22. The van der Waals surface area contributed by atoms with Gasteiger partial charge in [0.05, 0.1) is 5.60 Å². The standard InChI is InChI=1S/C12H16N2O/c15-12(9-3-5-13-6-4-9)7-10-1-2-11(8-12)14-10/h3-6,10-11,14-15H,1-2,7-8H2. The molecule has 0 saturated carbocycles. The predicted octanol–water partition coefficient (Wildman–Crippen LogP) is 1.18. The fraction of sp³-hybridized carbons (Fsp3) is 0.583. The van der Waals surface area contributed by atoms with Crippen molar-refractivity contribution in [3.63, 3.8) is 0 Å². The summed E-state index contributed by atoms with van der Waals surface area (Å²) in [5, 5.41) is 14.2. The molecule has 0 aliphatic carbocycles. The summed E-state index contributed by atoms with van der Waals surface area (Å²) in [6, 6.07) is 4.87. The third-order valence-electron chi connectivity index (χ3n) is 3.72. The third kappa shape index (κ3) is 1.56. The Balaban J connectivity index is 1.91. The molecule has 0 aromatic carbocycles. The van der Waals surface area contributed by atoms with E-state index in [1.807, 2.05) is 12.1 Å². The number of nitrogens with zero attached hydrogens (tertiary/aromatic N) is 1. The van der Waals surface area contributed by atoms with Gasteiger partial charge in [0.2, 0.25) is 0 Å². The summed E-state index contributed by atoms with van der Waals surface area (Å²) in [6.45, 7) is 0. The maximum absolute atomic E-state index is 10.7. The second-order valence-electron chi connectivity index (χ2n) is 4.81. The molecule has 1 aromatic rings. The molecule has 1 aromatic heterocycles. The van der Waals surface area contributed by atoms with E-state index in [4.69, 9.17) is 0 Å². The molecule has 2 saturated heterocycles. The summed E-state index contributed by atoms with van der Waals surface area (Å²) < 4.78 is 0. The minimum atomic E-state index is -0.625. The number of rotatable bonds is 1. The Labute approximate surface area is 89.5 Å². The summed E-state index contributed by atoms with van der Waals surface area (Å²) in [5.41, 5.74) is 0.399. The number of hydrogen-bond donors (Lipinski definition) is 2. The molecule has 0 radical (unpaired) electrons. The van der Waals surface area contributed by atoms with Crippen LogP contribution < -0.4 is 5.32 Å². The van der Waals surface area contributed by atoms with Crippen LogP contribution in [0.2, 0.25) is 0 Å². The molecule has 2 N–H and O–H groups in total. The van der Waals surface area contributed by atoms with Gasteiger partial charge >= 0.3 is 0 Å². The van der Waals surface area contributed by atoms with Crippen molar-refractivity contribution in [3.8, 4) is 0 Å². The highest BCUT2D eigenvalue weighted by atomic mass is 16.3. The molecular weight excluding hydrogens is 188 g/mol. The van der Waals surface area contributed by atoms with E-state index in [0.717, 1.165) is 18.4 Å². The van der Waals surface area contributed by atoms with Crippen LogP contribution in [0.4, 0.5) is 0 Å². The van der Waals surface area contributed by atoms with Crippen molar-refractivity contribution in [2.75, 3.05) is 0 Å². The molecule has 15 heavy (non-hydrogen) atoms. The minimum Gasteiger partial charge on any atom is -0.385 e. The van der Waals surface area contributed by atoms with Gasteiger partial charge in [-0.1, -0.05) is 0 Å². The van der Waals surface area contributed by atoms with Crippen molar-refractivity contribution in [3.05, 3.63) is 30.1 Å². The highest BCUT2D eigenvalue weighted by Crippen LogP contribution is 2.40. The summed E-state index contributed by atoms with van der Waals surface area (Å²) >= 11 is 0. The van der Waals surface area contributed by atoms with Gasteiger partial charge in [-0.25, -0.2) is 0 Å². The lowest BCUT2D eigenvalue weighted by molar-refractivity contribution is -0.0115. The number of hydrogen-bond acceptors (Lipinski definition) is 3. The van der Waals surface area contributed by atoms with E-state index in [0.29, 0.717) is 12.1 Å². The maximum Gasteiger partial charge on any atom is 0.0927 e. The molecule has 3 heteroatoms. The zero-order valence-electron chi connectivity index (χ0n) is 8.69. The molecule has 2 aliphatic rings. The number of pyridine rings is 1. The first-order chi connectivity index (χ1) is 7.26. The Kier molecular flexibility index (Phi) is 2.04. The van der Waals surface area contributed by atoms with E-state index < -0.39 is 5.60 Å². The second kappa shape index (κ2) is 3.29. The normalized spacial score (nSPS) is 39.3. The van der Waals surface area contributed by atoms with Crippen LogP contribution in [0.15, 0.2) is 24.5 Å². The third-order valence-corrected chi connectivity index (χ3v) is 3.72. The second-order valence-corrected chi connectivity index (χ2v) is 4.81. The van der Waals surface area contributed by atoms with Gasteiger partial charge < -0.3 is 10.4 Å². The predicted molar refractivity (Wildman–Crippen MR) is 57.3 cm³/mol. The van der Waals surface area contributed by atoms with Gasteiger partial charge in [0, 0.05) is 24.5 Å². The van der Waals surface area contributed by atoms with Gasteiger partial charge in [-0.05, 0) is 43.4 Å². The molecule has 2 unspecified atom stereocenters. The lowest BCUT2D eigenvalue weighted by Crippen LogP contribution is -2.46. The van der Waals surface area contributed by atoms with Crippen LogP contribution in [0.25, 0.3) is 0 Å². The molecule has 2 bridgehead atoms. The molecule has 0 amide bonds. The van der Waals surface area contributed by atoms with Gasteiger partial charge in [0.15, 0.2) is 0 Å². The Morgan fingerprint density at radius 1 is 1.20 bits per heavy atom. The fourth-order valence-electron chi connectivity index (χ4n) is 3.02. The summed E-state index contributed by atoms with van der Waals surface area (Å²) in [6.07, 6.45) is 7.62. The monoisotopic (exact) mass is 204 g/mol. The maximum atomic E-state index is 10.7. The minimum absolute atomic E-state index is 0.502. The van der Waals surface area contributed by atoms with E-state index in [1.54, 1.807) is 12.4 Å². The van der Waals surface area contributed by atoms with Gasteiger partial charge in [-0.2, -0.15) is 0 Å². The smallest absolute Gasteiger partial charge is 0.0927 e. The zero-order chi connectivity index (χ0) is 10.3. The van der Waals surface area contributed by atoms with E-state index in [9.17, 15) is 5.11 Å².